The molecule has 0 radical (unpaired) electrons. The minimum Gasteiger partial charge on any atom is -0.489 e. The number of aryl methyl sites for hydroxylation is 1. The topological polar surface area (TPSA) is 80.0 Å². The Kier molecular flexibility index (Phi) is 7.41. The minimum absolute atomic E-state index is 0.00967. The van der Waals surface area contributed by atoms with Crippen molar-refractivity contribution < 1.29 is 23.4 Å². The zero-order valence-electron chi connectivity index (χ0n) is 20.9. The number of ether oxygens (including phenoxy) is 1. The Labute approximate surface area is 223 Å². The van der Waals surface area contributed by atoms with Gasteiger partial charge in [-0.05, 0) is 62.4 Å². The number of carbonyl (C=O) groups excluding carboxylic acids is 1. The van der Waals surface area contributed by atoms with Gasteiger partial charge in [0.05, 0.1) is 5.60 Å². The zero-order chi connectivity index (χ0) is 26.2. The molecule has 0 unspecified atom stereocenters. The van der Waals surface area contributed by atoms with Gasteiger partial charge in [-0.2, -0.15) is 0 Å². The van der Waals surface area contributed by atoms with Crippen LogP contribution in [-0.4, -0.2) is 34.6 Å². The maximum atomic E-state index is 14.1. The van der Waals surface area contributed by atoms with Crippen LogP contribution in [-0.2, 0) is 17.8 Å². The van der Waals surface area contributed by atoms with Crippen molar-refractivity contribution in [1.29, 1.82) is 0 Å². The fraction of sp³-hybridized carbons (Fsp3) is 0.448. The van der Waals surface area contributed by atoms with E-state index in [0.717, 1.165) is 36.6 Å². The Morgan fingerprint density at radius 3 is 2.89 bits per heavy atom. The van der Waals surface area contributed by atoms with Crippen molar-refractivity contribution >= 4 is 32.8 Å². The van der Waals surface area contributed by atoms with Crippen LogP contribution in [0.1, 0.15) is 55.2 Å². The number of amides is 1. The molecule has 6 nitrogen and oxygen atoms in total. The summed E-state index contributed by atoms with van der Waals surface area (Å²) in [5.74, 6) is 0.252. The molecule has 0 bridgehead atoms. The van der Waals surface area contributed by atoms with E-state index in [9.17, 15) is 19.1 Å². The number of hydrogen-bond donors (Lipinski definition) is 1. The van der Waals surface area contributed by atoms with Crippen molar-refractivity contribution in [3.05, 3.63) is 73.8 Å². The van der Waals surface area contributed by atoms with Gasteiger partial charge in [-0.25, -0.2) is 9.18 Å². The second kappa shape index (κ2) is 10.6. The van der Waals surface area contributed by atoms with E-state index in [0.29, 0.717) is 52.9 Å². The molecule has 1 saturated heterocycles. The second-order valence-electron chi connectivity index (χ2n) is 10.3. The quantitative estimate of drug-likeness (QED) is 0.386. The van der Waals surface area contributed by atoms with Crippen molar-refractivity contribution in [3.63, 3.8) is 0 Å². The summed E-state index contributed by atoms with van der Waals surface area (Å²) in [6, 6.07) is 10.00. The van der Waals surface area contributed by atoms with Crippen LogP contribution in [0.25, 0.3) is 11.0 Å². The Bertz CT molecular complexity index is 1390. The van der Waals surface area contributed by atoms with E-state index >= 15 is 0 Å². The molecule has 1 aromatic heterocycles. The predicted octanol–water partition coefficient (Wildman–Crippen LogP) is 5.67. The maximum Gasteiger partial charge on any atom is 0.339 e. The molecule has 2 aromatic carbocycles. The van der Waals surface area contributed by atoms with Gasteiger partial charge in [0.15, 0.2) is 0 Å². The summed E-state index contributed by atoms with van der Waals surface area (Å²) in [7, 11) is 0. The molecule has 3 aromatic rings. The number of carbonyl (C=O) groups is 1. The number of piperidine rings is 1. The first kappa shape index (κ1) is 25.9. The van der Waals surface area contributed by atoms with Crippen LogP contribution < -0.4 is 10.4 Å². The Hall–Kier alpha value is -2.71. The van der Waals surface area contributed by atoms with Crippen molar-refractivity contribution in [3.8, 4) is 5.75 Å². The SMILES string of the molecule is Cc1c(CCC(=O)N2CC[C@@]3(O)CCCC[C@H]3C2)c(=O)oc2cc(OCc3ccc(Br)cc3F)ccc12. The summed E-state index contributed by atoms with van der Waals surface area (Å²) in [4.78, 5) is 27.6. The average Bonchev–Trinajstić information content (AvgIpc) is 2.87. The van der Waals surface area contributed by atoms with Gasteiger partial charge in [-0.15, -0.1) is 0 Å². The van der Waals surface area contributed by atoms with Gasteiger partial charge in [0, 0.05) is 52.5 Å². The average molecular weight is 572 g/mol. The first-order valence-corrected chi connectivity index (χ1v) is 13.7. The maximum absolute atomic E-state index is 14.1. The highest BCUT2D eigenvalue weighted by Gasteiger charge is 2.43. The molecule has 1 aliphatic carbocycles. The summed E-state index contributed by atoms with van der Waals surface area (Å²) < 4.78 is 26.1. The van der Waals surface area contributed by atoms with Crippen LogP contribution in [0.4, 0.5) is 4.39 Å². The molecule has 2 atom stereocenters. The molecule has 37 heavy (non-hydrogen) atoms. The van der Waals surface area contributed by atoms with E-state index in [-0.39, 0.29) is 30.7 Å². The number of rotatable bonds is 6. The lowest BCUT2D eigenvalue weighted by molar-refractivity contribution is -0.143. The molecule has 1 aliphatic heterocycles. The van der Waals surface area contributed by atoms with E-state index in [1.54, 1.807) is 24.3 Å². The zero-order valence-corrected chi connectivity index (χ0v) is 22.5. The smallest absolute Gasteiger partial charge is 0.339 e. The number of benzene rings is 2. The van der Waals surface area contributed by atoms with Crippen molar-refractivity contribution in [2.75, 3.05) is 13.1 Å². The number of nitrogens with zero attached hydrogens (tertiary/aromatic N) is 1. The fourth-order valence-corrected chi connectivity index (χ4v) is 6.07. The van der Waals surface area contributed by atoms with Crippen molar-refractivity contribution in [2.24, 2.45) is 5.92 Å². The fourth-order valence-electron chi connectivity index (χ4n) is 5.74. The lowest BCUT2D eigenvalue weighted by atomic mass is 9.71. The van der Waals surface area contributed by atoms with Gasteiger partial charge in [-0.1, -0.05) is 34.8 Å². The van der Waals surface area contributed by atoms with Crippen molar-refractivity contribution in [1.82, 2.24) is 4.90 Å². The Morgan fingerprint density at radius 2 is 2.08 bits per heavy atom. The molecule has 5 rings (SSSR count). The molecule has 8 heteroatoms. The van der Waals surface area contributed by atoms with E-state index < -0.39 is 11.2 Å². The molecule has 2 heterocycles. The summed E-state index contributed by atoms with van der Waals surface area (Å²) >= 11 is 3.24. The van der Waals surface area contributed by atoms with Crippen LogP contribution in [0.5, 0.6) is 5.75 Å². The summed E-state index contributed by atoms with van der Waals surface area (Å²) in [5.41, 5.74) is 0.999. The number of aliphatic hydroxyl groups is 1. The van der Waals surface area contributed by atoms with Crippen LogP contribution in [0.2, 0.25) is 0 Å². The summed E-state index contributed by atoms with van der Waals surface area (Å²) in [5, 5.41) is 11.7. The van der Waals surface area contributed by atoms with E-state index in [1.165, 1.54) is 6.07 Å². The minimum atomic E-state index is -0.625. The lowest BCUT2D eigenvalue weighted by Crippen LogP contribution is -2.54. The third-order valence-electron chi connectivity index (χ3n) is 8.04. The third-order valence-corrected chi connectivity index (χ3v) is 8.53. The highest BCUT2D eigenvalue weighted by Crippen LogP contribution is 2.40. The number of hydrogen-bond acceptors (Lipinski definition) is 5. The van der Waals surface area contributed by atoms with Crippen molar-refractivity contribution in [2.45, 2.75) is 64.1 Å². The molecule has 196 valence electrons. The van der Waals surface area contributed by atoms with E-state index in [2.05, 4.69) is 15.9 Å². The normalized spacial score (nSPS) is 21.6. The Balaban J connectivity index is 1.25. The van der Waals surface area contributed by atoms with Gasteiger partial charge in [0.1, 0.15) is 23.8 Å². The number of halogens is 2. The first-order chi connectivity index (χ1) is 17.7. The predicted molar refractivity (Wildman–Crippen MR) is 142 cm³/mol. The highest BCUT2D eigenvalue weighted by atomic mass is 79.9. The largest absolute Gasteiger partial charge is 0.489 e. The molecule has 2 aliphatic rings. The summed E-state index contributed by atoms with van der Waals surface area (Å²) in [6.45, 7) is 3.06. The molecule has 1 saturated carbocycles. The molecular weight excluding hydrogens is 541 g/mol. The Morgan fingerprint density at radius 1 is 1.24 bits per heavy atom. The summed E-state index contributed by atoms with van der Waals surface area (Å²) in [6.07, 6.45) is 5.08. The van der Waals surface area contributed by atoms with E-state index in [4.69, 9.17) is 9.15 Å². The van der Waals surface area contributed by atoms with Gasteiger partial charge >= 0.3 is 5.63 Å². The molecule has 1 N–H and O–H groups in total. The number of likely N-dealkylation sites (tertiary alicyclic amines) is 1. The van der Waals surface area contributed by atoms with Gasteiger partial charge < -0.3 is 19.2 Å². The van der Waals surface area contributed by atoms with Crippen LogP contribution >= 0.6 is 15.9 Å². The first-order valence-electron chi connectivity index (χ1n) is 12.9. The van der Waals surface area contributed by atoms with Crippen LogP contribution in [0, 0.1) is 18.7 Å². The molecule has 2 fully saturated rings. The molecular formula is C29H31BrFNO5. The lowest BCUT2D eigenvalue weighted by Gasteiger charge is -2.47. The highest BCUT2D eigenvalue weighted by molar-refractivity contribution is 9.10. The van der Waals surface area contributed by atoms with Crippen LogP contribution in [0.3, 0.4) is 0 Å². The van der Waals surface area contributed by atoms with Gasteiger partial charge in [0.25, 0.3) is 0 Å². The van der Waals surface area contributed by atoms with E-state index in [1.807, 2.05) is 17.9 Å². The van der Waals surface area contributed by atoms with Gasteiger partial charge in [-0.3, -0.25) is 4.79 Å². The monoisotopic (exact) mass is 571 g/mol. The number of fused-ring (bicyclic) bond motifs is 2. The van der Waals surface area contributed by atoms with Gasteiger partial charge in [0.2, 0.25) is 5.91 Å². The molecule has 1 amide bonds. The molecule has 0 spiro atoms. The standard InChI is InChI=1S/C29H31BrFNO5/c1-18-23-8-7-22(36-17-19-5-6-21(30)14-25(19)31)15-26(23)37-28(34)24(18)9-10-27(33)32-13-12-29(35)11-3-2-4-20(29)16-32/h5-8,14-15,20,35H,2-4,9-13,16-17H2,1H3/t20-,29-/m0/s1. The third kappa shape index (κ3) is 5.46. The van der Waals surface area contributed by atoms with Crippen LogP contribution in [0.15, 0.2) is 50.1 Å². The second-order valence-corrected chi connectivity index (χ2v) is 11.2.